The Morgan fingerprint density at radius 2 is 1.80 bits per heavy atom. The topological polar surface area (TPSA) is 102 Å². The predicted molar refractivity (Wildman–Crippen MR) is 154 cm³/mol. The van der Waals surface area contributed by atoms with Gasteiger partial charge in [0.25, 0.3) is 5.91 Å². The van der Waals surface area contributed by atoms with E-state index in [1.165, 1.54) is 0 Å². The molecule has 2 aliphatic rings. The molecule has 206 valence electrons. The molecule has 1 N–H and O–H groups in total. The molecule has 1 saturated heterocycles. The number of anilines is 1. The summed E-state index contributed by atoms with van der Waals surface area (Å²) in [4.78, 5) is 49.1. The van der Waals surface area contributed by atoms with Gasteiger partial charge in [-0.05, 0) is 75.3 Å². The molecule has 1 aromatic carbocycles. The van der Waals surface area contributed by atoms with E-state index >= 15 is 0 Å². The third-order valence-electron chi connectivity index (χ3n) is 8.10. The number of nitrogens with one attached hydrogen (secondary N) is 1. The van der Waals surface area contributed by atoms with Gasteiger partial charge in [-0.15, -0.1) is 0 Å². The van der Waals surface area contributed by atoms with Crippen LogP contribution in [0, 0.1) is 12.8 Å². The molecular formula is C30H31ClN6O3. The van der Waals surface area contributed by atoms with Crippen LogP contribution in [-0.4, -0.2) is 43.5 Å². The number of aromatic nitrogens is 4. The lowest BCUT2D eigenvalue weighted by atomic mass is 9.85. The minimum atomic E-state index is -0.149. The van der Waals surface area contributed by atoms with Gasteiger partial charge in [0.2, 0.25) is 5.91 Å². The van der Waals surface area contributed by atoms with Gasteiger partial charge in [-0.25, -0.2) is 9.78 Å². The van der Waals surface area contributed by atoms with Gasteiger partial charge in [0.1, 0.15) is 5.82 Å². The fourth-order valence-corrected chi connectivity index (χ4v) is 6.10. The Balaban J connectivity index is 1.17. The third-order valence-corrected chi connectivity index (χ3v) is 8.30. The summed E-state index contributed by atoms with van der Waals surface area (Å²) in [5, 5.41) is 3.58. The van der Waals surface area contributed by atoms with E-state index in [2.05, 4.69) is 15.3 Å². The van der Waals surface area contributed by atoms with Gasteiger partial charge in [-0.3, -0.25) is 28.6 Å². The fourth-order valence-electron chi connectivity index (χ4n) is 5.94. The molecule has 4 heterocycles. The van der Waals surface area contributed by atoms with Gasteiger partial charge in [0.15, 0.2) is 0 Å². The second-order valence-corrected chi connectivity index (χ2v) is 11.2. The summed E-state index contributed by atoms with van der Waals surface area (Å²) < 4.78 is 3.56. The monoisotopic (exact) mass is 558 g/mol. The van der Waals surface area contributed by atoms with Gasteiger partial charge >= 0.3 is 5.69 Å². The van der Waals surface area contributed by atoms with Crippen molar-refractivity contribution in [1.29, 1.82) is 0 Å². The summed E-state index contributed by atoms with van der Waals surface area (Å²) in [6.45, 7) is 3.08. The van der Waals surface area contributed by atoms with Gasteiger partial charge in [0.05, 0.1) is 39.2 Å². The first-order chi connectivity index (χ1) is 19.4. The van der Waals surface area contributed by atoms with Crippen LogP contribution in [0.5, 0.6) is 0 Å². The molecule has 2 fully saturated rings. The van der Waals surface area contributed by atoms with Crippen LogP contribution in [0.2, 0.25) is 5.02 Å². The summed E-state index contributed by atoms with van der Waals surface area (Å²) in [5.74, 6) is 0.874. The van der Waals surface area contributed by atoms with Gasteiger partial charge in [-0.2, -0.15) is 0 Å². The van der Waals surface area contributed by atoms with Crippen LogP contribution < -0.4 is 15.9 Å². The standard InChI is InChI=1S/C30H31ClN6O3/c1-19-24(15-21(31)16-32-19)29(39)34-22-10-8-20(9-11-22)18-36-25-5-2-3-6-26(25)37(30(36)40)23-12-13-27(33-17-23)35-14-4-7-28(35)38/h2-3,5-6,12-13,15-17,20,22H,4,7-11,14,18H2,1H3,(H,34,39). The van der Waals surface area contributed by atoms with E-state index in [-0.39, 0.29) is 23.5 Å². The molecule has 10 heteroatoms. The van der Waals surface area contributed by atoms with Crippen LogP contribution in [0.1, 0.15) is 54.6 Å². The molecule has 40 heavy (non-hydrogen) atoms. The predicted octanol–water partition coefficient (Wildman–Crippen LogP) is 4.66. The number of aryl methyl sites for hydroxylation is 1. The highest BCUT2D eigenvalue weighted by Crippen LogP contribution is 2.28. The molecule has 0 atom stereocenters. The minimum absolute atomic E-state index is 0.0762. The molecule has 1 aliphatic carbocycles. The van der Waals surface area contributed by atoms with Crippen molar-refractivity contribution in [3.8, 4) is 5.69 Å². The van der Waals surface area contributed by atoms with Crippen molar-refractivity contribution in [2.24, 2.45) is 5.92 Å². The number of imidazole rings is 1. The number of amides is 2. The first-order valence-electron chi connectivity index (χ1n) is 13.8. The van der Waals surface area contributed by atoms with Crippen LogP contribution in [0.3, 0.4) is 0 Å². The van der Waals surface area contributed by atoms with Crippen LogP contribution in [0.15, 0.2) is 59.7 Å². The third kappa shape index (κ3) is 5.01. The number of carbonyl (C=O) groups excluding carboxylic acids is 2. The Labute approximate surface area is 236 Å². The number of carbonyl (C=O) groups is 2. The molecule has 6 rings (SSSR count). The van der Waals surface area contributed by atoms with Crippen molar-refractivity contribution in [2.75, 3.05) is 11.4 Å². The molecule has 1 aliphatic heterocycles. The average molecular weight is 559 g/mol. The number of nitrogens with zero attached hydrogens (tertiary/aromatic N) is 5. The maximum atomic E-state index is 13.7. The van der Waals surface area contributed by atoms with Crippen molar-refractivity contribution in [3.05, 3.63) is 81.6 Å². The molecule has 9 nitrogen and oxygen atoms in total. The molecular weight excluding hydrogens is 528 g/mol. The first kappa shape index (κ1) is 26.3. The zero-order chi connectivity index (χ0) is 27.8. The number of para-hydroxylation sites is 2. The van der Waals surface area contributed by atoms with E-state index < -0.39 is 0 Å². The second kappa shape index (κ2) is 10.9. The Bertz CT molecular complexity index is 1640. The summed E-state index contributed by atoms with van der Waals surface area (Å²) >= 11 is 6.04. The SMILES string of the molecule is Cc1ncc(Cl)cc1C(=O)NC1CCC(Cn2c(=O)n(-c3ccc(N4CCCC4=O)nc3)c3ccccc32)CC1. The zero-order valence-corrected chi connectivity index (χ0v) is 23.1. The van der Waals surface area contributed by atoms with Crippen LogP contribution in [0.4, 0.5) is 5.82 Å². The Morgan fingerprint density at radius 3 is 2.50 bits per heavy atom. The van der Waals surface area contributed by atoms with E-state index in [1.54, 1.807) is 34.9 Å². The van der Waals surface area contributed by atoms with E-state index in [9.17, 15) is 14.4 Å². The largest absolute Gasteiger partial charge is 0.349 e. The van der Waals surface area contributed by atoms with Crippen LogP contribution in [0.25, 0.3) is 16.7 Å². The number of benzene rings is 1. The highest BCUT2D eigenvalue weighted by Gasteiger charge is 2.26. The number of pyridine rings is 2. The van der Waals surface area contributed by atoms with E-state index in [0.29, 0.717) is 53.2 Å². The summed E-state index contributed by atoms with van der Waals surface area (Å²) in [5.41, 5.74) is 3.43. The number of rotatable bonds is 6. The van der Waals surface area contributed by atoms with Crippen molar-refractivity contribution < 1.29 is 9.59 Å². The van der Waals surface area contributed by atoms with Crippen LogP contribution in [-0.2, 0) is 11.3 Å². The van der Waals surface area contributed by atoms with Crippen molar-refractivity contribution in [2.45, 2.75) is 58.0 Å². The highest BCUT2D eigenvalue weighted by atomic mass is 35.5. The molecule has 0 unspecified atom stereocenters. The maximum absolute atomic E-state index is 13.7. The van der Waals surface area contributed by atoms with Gasteiger partial charge in [-0.1, -0.05) is 23.7 Å². The number of hydrogen-bond acceptors (Lipinski definition) is 5. The maximum Gasteiger partial charge on any atom is 0.333 e. The summed E-state index contributed by atoms with van der Waals surface area (Å²) in [6.07, 6.45) is 8.10. The van der Waals surface area contributed by atoms with Crippen molar-refractivity contribution >= 4 is 40.3 Å². The van der Waals surface area contributed by atoms with Crippen molar-refractivity contribution in [1.82, 2.24) is 24.4 Å². The average Bonchev–Trinajstić information content (AvgIpc) is 3.51. The lowest BCUT2D eigenvalue weighted by molar-refractivity contribution is -0.117. The lowest BCUT2D eigenvalue weighted by Gasteiger charge is -2.29. The number of halogens is 1. The summed E-state index contributed by atoms with van der Waals surface area (Å²) in [7, 11) is 0. The molecule has 4 aromatic rings. The smallest absolute Gasteiger partial charge is 0.333 e. The second-order valence-electron chi connectivity index (χ2n) is 10.7. The van der Waals surface area contributed by atoms with E-state index in [4.69, 9.17) is 11.6 Å². The Kier molecular flexibility index (Phi) is 7.14. The molecule has 0 spiro atoms. The highest BCUT2D eigenvalue weighted by molar-refractivity contribution is 6.30. The van der Waals surface area contributed by atoms with Gasteiger partial charge in [0, 0.05) is 31.7 Å². The van der Waals surface area contributed by atoms with Crippen LogP contribution >= 0.6 is 11.6 Å². The molecule has 0 radical (unpaired) electrons. The van der Waals surface area contributed by atoms with Gasteiger partial charge < -0.3 is 5.32 Å². The molecule has 2 amide bonds. The first-order valence-corrected chi connectivity index (χ1v) is 14.2. The number of fused-ring (bicyclic) bond motifs is 1. The molecule has 3 aromatic heterocycles. The Hall–Kier alpha value is -3.98. The minimum Gasteiger partial charge on any atom is -0.349 e. The van der Waals surface area contributed by atoms with Crippen molar-refractivity contribution in [3.63, 3.8) is 0 Å². The fraction of sp³-hybridized carbons (Fsp3) is 0.367. The Morgan fingerprint density at radius 1 is 1.02 bits per heavy atom. The van der Waals surface area contributed by atoms with E-state index in [1.807, 2.05) is 41.0 Å². The lowest BCUT2D eigenvalue weighted by Crippen LogP contribution is -2.39. The normalized spacial score (nSPS) is 19.4. The zero-order valence-electron chi connectivity index (χ0n) is 22.3. The van der Waals surface area contributed by atoms with E-state index in [0.717, 1.165) is 43.1 Å². The molecule has 0 bridgehead atoms. The molecule has 1 saturated carbocycles. The quantitative estimate of drug-likeness (QED) is 0.371. The summed E-state index contributed by atoms with van der Waals surface area (Å²) in [6, 6.07) is 13.2. The number of hydrogen-bond donors (Lipinski definition) is 1.